The summed E-state index contributed by atoms with van der Waals surface area (Å²) in [5, 5.41) is 3.07. The van der Waals surface area contributed by atoms with Gasteiger partial charge in [-0.25, -0.2) is 13.1 Å². The lowest BCUT2D eigenvalue weighted by Crippen LogP contribution is -2.43. The molecule has 0 aromatic heterocycles. The van der Waals surface area contributed by atoms with Crippen molar-refractivity contribution in [3.8, 4) is 0 Å². The highest BCUT2D eigenvalue weighted by atomic mass is 32.2. The number of nitrogens with one attached hydrogen (secondary N) is 2. The van der Waals surface area contributed by atoms with E-state index >= 15 is 0 Å². The maximum atomic E-state index is 12.3. The van der Waals surface area contributed by atoms with Crippen LogP contribution < -0.4 is 10.0 Å². The molecule has 7 heteroatoms. The Morgan fingerprint density at radius 3 is 2.37 bits per heavy atom. The van der Waals surface area contributed by atoms with Gasteiger partial charge in [-0.1, -0.05) is 49.4 Å². The van der Waals surface area contributed by atoms with Crippen LogP contribution >= 0.6 is 0 Å². The largest absolute Gasteiger partial charge is 0.350 e. The van der Waals surface area contributed by atoms with Crippen LogP contribution in [0.25, 0.3) is 6.08 Å². The number of nitrogens with zero attached hydrogens (tertiary/aromatic N) is 1. The fraction of sp³-hybridized carbons (Fsp3) is 0.348. The number of amides is 1. The Labute approximate surface area is 179 Å². The van der Waals surface area contributed by atoms with Crippen LogP contribution in [0.3, 0.4) is 0 Å². The molecule has 3 rings (SSSR count). The zero-order valence-corrected chi connectivity index (χ0v) is 18.1. The first-order chi connectivity index (χ1) is 14.5. The third-order valence-corrected chi connectivity index (χ3v) is 6.70. The van der Waals surface area contributed by atoms with Crippen molar-refractivity contribution in [2.75, 3.05) is 19.6 Å². The molecule has 30 heavy (non-hydrogen) atoms. The second-order valence-electron chi connectivity index (χ2n) is 7.45. The highest BCUT2D eigenvalue weighted by molar-refractivity contribution is 7.89. The Morgan fingerprint density at radius 1 is 1.07 bits per heavy atom. The van der Waals surface area contributed by atoms with Crippen LogP contribution in [-0.2, 0) is 21.4 Å². The fourth-order valence-electron chi connectivity index (χ4n) is 3.53. The van der Waals surface area contributed by atoms with Gasteiger partial charge in [-0.15, -0.1) is 0 Å². The van der Waals surface area contributed by atoms with E-state index in [1.807, 2.05) is 6.07 Å². The molecule has 1 amide bonds. The molecule has 2 N–H and O–H groups in total. The molecule has 160 valence electrons. The Hall–Kier alpha value is -2.48. The fourth-order valence-corrected chi connectivity index (χ4v) is 4.57. The first-order valence-corrected chi connectivity index (χ1v) is 11.8. The molecule has 0 unspecified atom stereocenters. The van der Waals surface area contributed by atoms with Crippen molar-refractivity contribution in [2.24, 2.45) is 0 Å². The molecule has 1 saturated heterocycles. The third kappa shape index (κ3) is 6.52. The topological polar surface area (TPSA) is 78.5 Å². The molecule has 0 aliphatic carbocycles. The van der Waals surface area contributed by atoms with Gasteiger partial charge in [0.2, 0.25) is 15.9 Å². The summed E-state index contributed by atoms with van der Waals surface area (Å²) in [5.74, 6) is -0.124. The summed E-state index contributed by atoms with van der Waals surface area (Å²) in [4.78, 5) is 14.9. The number of sulfonamides is 1. The van der Waals surface area contributed by atoms with Crippen molar-refractivity contribution in [3.63, 3.8) is 0 Å². The van der Waals surface area contributed by atoms with Crippen LogP contribution in [0.5, 0.6) is 0 Å². The lowest BCUT2D eigenvalue weighted by molar-refractivity contribution is -0.117. The second-order valence-corrected chi connectivity index (χ2v) is 9.22. The predicted octanol–water partition coefficient (Wildman–Crippen LogP) is 2.78. The van der Waals surface area contributed by atoms with E-state index in [4.69, 9.17) is 0 Å². The molecule has 0 spiro atoms. The van der Waals surface area contributed by atoms with E-state index in [1.54, 1.807) is 25.1 Å². The highest BCUT2D eigenvalue weighted by Crippen LogP contribution is 2.14. The van der Waals surface area contributed by atoms with Crippen LogP contribution in [0, 0.1) is 0 Å². The summed E-state index contributed by atoms with van der Waals surface area (Å²) >= 11 is 0. The number of likely N-dealkylation sites (tertiary alicyclic amines) is 1. The van der Waals surface area contributed by atoms with Crippen molar-refractivity contribution in [3.05, 3.63) is 71.8 Å². The maximum Gasteiger partial charge on any atom is 0.244 e. The number of piperidine rings is 1. The van der Waals surface area contributed by atoms with Gasteiger partial charge in [-0.05, 0) is 42.2 Å². The molecule has 2 aromatic rings. The van der Waals surface area contributed by atoms with E-state index in [1.165, 1.54) is 23.8 Å². The van der Waals surface area contributed by atoms with Crippen molar-refractivity contribution in [1.82, 2.24) is 14.9 Å². The number of hydrogen-bond acceptors (Lipinski definition) is 4. The molecule has 0 radical (unpaired) electrons. The normalized spacial score (nSPS) is 16.0. The molecule has 0 bridgehead atoms. The lowest BCUT2D eigenvalue weighted by atomic mass is 10.0. The average Bonchev–Trinajstić information content (AvgIpc) is 2.75. The van der Waals surface area contributed by atoms with Gasteiger partial charge in [0, 0.05) is 38.3 Å². The number of carbonyl (C=O) groups excluding carboxylic acids is 1. The zero-order chi connectivity index (χ0) is 21.4. The lowest BCUT2D eigenvalue weighted by Gasteiger charge is -2.32. The van der Waals surface area contributed by atoms with Gasteiger partial charge in [-0.3, -0.25) is 9.69 Å². The number of rotatable bonds is 8. The van der Waals surface area contributed by atoms with E-state index in [-0.39, 0.29) is 16.8 Å². The smallest absolute Gasteiger partial charge is 0.244 e. The van der Waals surface area contributed by atoms with Gasteiger partial charge in [0.05, 0.1) is 4.90 Å². The molecule has 0 atom stereocenters. The third-order valence-electron chi connectivity index (χ3n) is 5.13. The quantitative estimate of drug-likeness (QED) is 0.635. The van der Waals surface area contributed by atoms with Gasteiger partial charge in [-0.2, -0.15) is 0 Å². The van der Waals surface area contributed by atoms with Crippen molar-refractivity contribution >= 4 is 22.0 Å². The van der Waals surface area contributed by atoms with E-state index < -0.39 is 10.0 Å². The SMILES string of the molecule is CCNS(=O)(=O)c1ccc(/C=C/C(=O)NC2CCN(Cc3ccccc3)CC2)cc1. The van der Waals surface area contributed by atoms with E-state index in [9.17, 15) is 13.2 Å². The minimum atomic E-state index is -3.46. The molecular formula is C23H29N3O3S. The van der Waals surface area contributed by atoms with Crippen LogP contribution in [0.15, 0.2) is 65.6 Å². The molecule has 2 aromatic carbocycles. The van der Waals surface area contributed by atoms with Crippen LogP contribution in [-0.4, -0.2) is 44.9 Å². The number of carbonyl (C=O) groups is 1. The molecule has 1 heterocycles. The Kier molecular flexibility index (Phi) is 7.79. The summed E-state index contributed by atoms with van der Waals surface area (Å²) in [7, 11) is -3.46. The zero-order valence-electron chi connectivity index (χ0n) is 17.3. The standard InChI is InChI=1S/C23H29N3O3S/c1-2-24-30(28,29)22-11-8-19(9-12-22)10-13-23(27)25-21-14-16-26(17-15-21)18-20-6-4-3-5-7-20/h3-13,21,24H,2,14-18H2,1H3,(H,25,27)/b13-10+. The van der Waals surface area contributed by atoms with Gasteiger partial charge in [0.1, 0.15) is 0 Å². The molecule has 0 saturated carbocycles. The van der Waals surface area contributed by atoms with Crippen molar-refractivity contribution in [2.45, 2.75) is 37.2 Å². The van der Waals surface area contributed by atoms with Gasteiger partial charge in [0.25, 0.3) is 0 Å². The molecule has 6 nitrogen and oxygen atoms in total. The van der Waals surface area contributed by atoms with Crippen LogP contribution in [0.1, 0.15) is 30.9 Å². The Bertz CT molecular complexity index is 949. The first kappa shape index (κ1) is 22.2. The summed E-state index contributed by atoms with van der Waals surface area (Å²) < 4.78 is 26.4. The van der Waals surface area contributed by atoms with Gasteiger partial charge >= 0.3 is 0 Å². The minimum Gasteiger partial charge on any atom is -0.350 e. The molecule has 1 aliphatic heterocycles. The van der Waals surface area contributed by atoms with Crippen LogP contribution in [0.4, 0.5) is 0 Å². The van der Waals surface area contributed by atoms with Crippen molar-refractivity contribution in [1.29, 1.82) is 0 Å². The highest BCUT2D eigenvalue weighted by Gasteiger charge is 2.20. The number of benzene rings is 2. The second kappa shape index (κ2) is 10.5. The predicted molar refractivity (Wildman–Crippen MR) is 119 cm³/mol. The summed E-state index contributed by atoms with van der Waals surface area (Å²) in [5.41, 5.74) is 2.09. The molecule has 1 aliphatic rings. The molecule has 1 fully saturated rings. The monoisotopic (exact) mass is 427 g/mol. The Balaban J connectivity index is 1.45. The van der Waals surface area contributed by atoms with Gasteiger partial charge < -0.3 is 5.32 Å². The van der Waals surface area contributed by atoms with E-state index in [0.717, 1.165) is 38.0 Å². The summed E-state index contributed by atoms with van der Waals surface area (Å²) in [6, 6.07) is 17.1. The number of hydrogen-bond donors (Lipinski definition) is 2. The van der Waals surface area contributed by atoms with Crippen LogP contribution in [0.2, 0.25) is 0 Å². The summed E-state index contributed by atoms with van der Waals surface area (Å²) in [6.45, 7) is 4.95. The van der Waals surface area contributed by atoms with E-state index in [0.29, 0.717) is 6.54 Å². The molecular weight excluding hydrogens is 398 g/mol. The summed E-state index contributed by atoms with van der Waals surface area (Å²) in [6.07, 6.45) is 5.07. The van der Waals surface area contributed by atoms with E-state index in [2.05, 4.69) is 39.2 Å². The van der Waals surface area contributed by atoms with Crippen molar-refractivity contribution < 1.29 is 13.2 Å². The maximum absolute atomic E-state index is 12.3. The first-order valence-electron chi connectivity index (χ1n) is 10.3. The minimum absolute atomic E-state index is 0.124. The average molecular weight is 428 g/mol. The Morgan fingerprint density at radius 2 is 1.73 bits per heavy atom. The van der Waals surface area contributed by atoms with Gasteiger partial charge in [0.15, 0.2) is 0 Å².